The Morgan fingerprint density at radius 1 is 0.435 bits per heavy atom. The first-order valence-corrected chi connectivity index (χ1v) is 21.8. The van der Waals surface area contributed by atoms with Crippen molar-refractivity contribution in [3.05, 3.63) is 216 Å². The molecule has 4 nitrogen and oxygen atoms in total. The van der Waals surface area contributed by atoms with Crippen LogP contribution in [0.1, 0.15) is 22.3 Å². The molecule has 1 aliphatic heterocycles. The molecular weight excluding hydrogens is 777 g/mol. The normalized spacial score (nSPS) is 13.4. The molecule has 1 aliphatic carbocycles. The van der Waals surface area contributed by atoms with E-state index in [4.69, 9.17) is 19.1 Å². The molecule has 12 aromatic rings. The van der Waals surface area contributed by atoms with Gasteiger partial charge in [-0.3, -0.25) is 0 Å². The van der Waals surface area contributed by atoms with Gasteiger partial charge in [0, 0.05) is 48.7 Å². The molecular formula is C57H32N2O2S. The molecule has 62 heavy (non-hydrogen) atoms. The van der Waals surface area contributed by atoms with Crippen LogP contribution in [0.4, 0.5) is 0 Å². The Kier molecular flexibility index (Phi) is 6.88. The highest BCUT2D eigenvalue weighted by Gasteiger charge is 2.51. The SMILES string of the molecule is c1ccc(-c2nc(-c3cccc4c3oc3c(-c5ccc6c(c5)C5(c7ccccc7Oc7ccccc75)c5ccc7ccccc7c5-6)cccc34)c3sc4ccccc4c3n2)cc1. The van der Waals surface area contributed by atoms with Gasteiger partial charge < -0.3 is 9.15 Å². The van der Waals surface area contributed by atoms with Crippen LogP contribution in [-0.4, -0.2) is 9.97 Å². The summed E-state index contributed by atoms with van der Waals surface area (Å²) in [6.45, 7) is 0. The van der Waals surface area contributed by atoms with Crippen molar-refractivity contribution in [2.45, 2.75) is 5.41 Å². The summed E-state index contributed by atoms with van der Waals surface area (Å²) in [7, 11) is 0. The summed E-state index contributed by atoms with van der Waals surface area (Å²) in [5.41, 5.74) is 14.2. The number of benzene rings is 9. The number of para-hydroxylation sites is 4. The molecule has 0 fully saturated rings. The van der Waals surface area contributed by atoms with Crippen LogP contribution in [0.3, 0.4) is 0 Å². The minimum atomic E-state index is -0.607. The molecule has 0 amide bonds. The topological polar surface area (TPSA) is 48.2 Å². The maximum Gasteiger partial charge on any atom is 0.160 e. The van der Waals surface area contributed by atoms with Gasteiger partial charge in [0.25, 0.3) is 0 Å². The Balaban J connectivity index is 1.03. The lowest BCUT2D eigenvalue weighted by atomic mass is 9.66. The molecule has 1 spiro atoms. The highest BCUT2D eigenvalue weighted by Crippen LogP contribution is 2.63. The number of hydrogen-bond acceptors (Lipinski definition) is 5. The van der Waals surface area contributed by atoms with E-state index in [9.17, 15) is 0 Å². The molecule has 14 rings (SSSR count). The zero-order valence-electron chi connectivity index (χ0n) is 33.1. The van der Waals surface area contributed by atoms with Gasteiger partial charge in [0.1, 0.15) is 22.7 Å². The molecule has 2 aliphatic rings. The standard InChI is InChI=1S/C57H32N2O2S/c1-2-15-34(16-3-1)56-58-51-41-18-6-11-27-49(41)62-55(51)52(59-56)42-22-13-21-39-38-20-12-19-37(53(38)61-54(39)42)35-28-30-40-46(32-35)57(45-31-29-33-14-4-5-17-36(33)50(40)45)43-23-7-9-25-47(43)60-48-26-10-8-24-44(48)57/h1-32H. The smallest absolute Gasteiger partial charge is 0.160 e. The van der Waals surface area contributed by atoms with Crippen molar-refractivity contribution in [2.75, 3.05) is 0 Å². The predicted molar refractivity (Wildman–Crippen MR) is 253 cm³/mol. The first-order chi connectivity index (χ1) is 30.7. The number of ether oxygens (including phenoxy) is 1. The van der Waals surface area contributed by atoms with Gasteiger partial charge in [0.05, 0.1) is 21.3 Å². The van der Waals surface area contributed by atoms with Crippen molar-refractivity contribution in [1.82, 2.24) is 9.97 Å². The van der Waals surface area contributed by atoms with Gasteiger partial charge in [-0.1, -0.05) is 164 Å². The fourth-order valence-electron chi connectivity index (χ4n) is 10.6. The van der Waals surface area contributed by atoms with E-state index in [-0.39, 0.29) is 0 Å². The average Bonchev–Trinajstić information content (AvgIpc) is 4.00. The van der Waals surface area contributed by atoms with Gasteiger partial charge in [-0.05, 0) is 68.9 Å². The second-order valence-corrected chi connectivity index (χ2v) is 17.4. The maximum atomic E-state index is 7.20. The van der Waals surface area contributed by atoms with Crippen LogP contribution >= 0.6 is 11.3 Å². The number of rotatable bonds is 3. The fraction of sp³-hybridized carbons (Fsp3) is 0.0175. The van der Waals surface area contributed by atoms with E-state index in [1.807, 2.05) is 18.2 Å². The van der Waals surface area contributed by atoms with E-state index in [2.05, 4.69) is 176 Å². The van der Waals surface area contributed by atoms with Crippen LogP contribution in [0.15, 0.2) is 199 Å². The van der Waals surface area contributed by atoms with Gasteiger partial charge >= 0.3 is 0 Å². The first kappa shape index (κ1) is 33.9. The Hall–Kier alpha value is -7.86. The minimum absolute atomic E-state index is 0.607. The van der Waals surface area contributed by atoms with E-state index < -0.39 is 5.41 Å². The van der Waals surface area contributed by atoms with E-state index in [1.165, 1.54) is 37.7 Å². The van der Waals surface area contributed by atoms with E-state index in [1.54, 1.807) is 11.3 Å². The van der Waals surface area contributed by atoms with Gasteiger partial charge in [0.2, 0.25) is 0 Å². The summed E-state index contributed by atoms with van der Waals surface area (Å²) in [5, 5.41) is 5.72. The summed E-state index contributed by atoms with van der Waals surface area (Å²) >= 11 is 1.73. The van der Waals surface area contributed by atoms with Crippen LogP contribution in [-0.2, 0) is 5.41 Å². The fourth-order valence-corrected chi connectivity index (χ4v) is 11.7. The molecule has 0 atom stereocenters. The first-order valence-electron chi connectivity index (χ1n) is 21.0. The third-order valence-corrected chi connectivity index (χ3v) is 14.3. The Morgan fingerprint density at radius 2 is 1.10 bits per heavy atom. The number of nitrogens with zero attached hydrogens (tertiary/aromatic N) is 2. The second kappa shape index (κ2) is 12.6. The summed E-state index contributed by atoms with van der Waals surface area (Å²) in [4.78, 5) is 10.5. The monoisotopic (exact) mass is 808 g/mol. The highest BCUT2D eigenvalue weighted by molar-refractivity contribution is 7.26. The lowest BCUT2D eigenvalue weighted by Crippen LogP contribution is -2.32. The van der Waals surface area contributed by atoms with Gasteiger partial charge in [0.15, 0.2) is 5.82 Å². The van der Waals surface area contributed by atoms with Crippen LogP contribution in [0.2, 0.25) is 0 Å². The van der Waals surface area contributed by atoms with E-state index in [0.29, 0.717) is 5.82 Å². The molecule has 5 heteroatoms. The van der Waals surface area contributed by atoms with Crippen LogP contribution < -0.4 is 4.74 Å². The summed E-state index contributed by atoms with van der Waals surface area (Å²) in [5.74, 6) is 2.45. The zero-order chi connectivity index (χ0) is 40.5. The molecule has 0 bridgehead atoms. The van der Waals surface area contributed by atoms with Crippen molar-refractivity contribution in [2.24, 2.45) is 0 Å². The predicted octanol–water partition coefficient (Wildman–Crippen LogP) is 15.4. The van der Waals surface area contributed by atoms with Crippen molar-refractivity contribution < 1.29 is 9.15 Å². The summed E-state index contributed by atoms with van der Waals surface area (Å²) in [6, 6.07) is 69.3. The molecule has 0 N–H and O–H groups in total. The number of thiophene rings is 1. The molecule has 0 unspecified atom stereocenters. The number of furan rings is 1. The molecule has 0 radical (unpaired) electrons. The van der Waals surface area contributed by atoms with E-state index in [0.717, 1.165) is 88.1 Å². The maximum absolute atomic E-state index is 7.20. The molecule has 3 aromatic heterocycles. The van der Waals surface area contributed by atoms with Crippen LogP contribution in [0.5, 0.6) is 11.5 Å². The zero-order valence-corrected chi connectivity index (χ0v) is 33.9. The Labute approximate surface area is 360 Å². The quantitative estimate of drug-likeness (QED) is 0.178. The van der Waals surface area contributed by atoms with Crippen molar-refractivity contribution in [1.29, 1.82) is 0 Å². The summed E-state index contributed by atoms with van der Waals surface area (Å²) in [6.07, 6.45) is 0. The van der Waals surface area contributed by atoms with Gasteiger partial charge in [-0.15, -0.1) is 11.3 Å². The molecule has 0 saturated carbocycles. The Morgan fingerprint density at radius 3 is 1.90 bits per heavy atom. The molecule has 4 heterocycles. The third-order valence-electron chi connectivity index (χ3n) is 13.2. The average molecular weight is 809 g/mol. The van der Waals surface area contributed by atoms with Crippen LogP contribution in [0.25, 0.3) is 97.9 Å². The van der Waals surface area contributed by atoms with Crippen LogP contribution in [0, 0.1) is 0 Å². The van der Waals surface area contributed by atoms with Crippen molar-refractivity contribution in [3.8, 4) is 56.4 Å². The van der Waals surface area contributed by atoms with Gasteiger partial charge in [-0.25, -0.2) is 9.97 Å². The molecule has 9 aromatic carbocycles. The van der Waals surface area contributed by atoms with Gasteiger partial charge in [-0.2, -0.15) is 0 Å². The Bertz CT molecular complexity index is 3820. The number of fused-ring (bicyclic) bond motifs is 17. The molecule has 288 valence electrons. The van der Waals surface area contributed by atoms with E-state index >= 15 is 0 Å². The third kappa shape index (κ3) is 4.50. The summed E-state index contributed by atoms with van der Waals surface area (Å²) < 4.78 is 16.1. The van der Waals surface area contributed by atoms with Crippen molar-refractivity contribution in [3.63, 3.8) is 0 Å². The largest absolute Gasteiger partial charge is 0.457 e. The highest BCUT2D eigenvalue weighted by atomic mass is 32.1. The lowest BCUT2D eigenvalue weighted by molar-refractivity contribution is 0.436. The molecule has 0 saturated heterocycles. The lowest BCUT2D eigenvalue weighted by Gasteiger charge is -2.39. The minimum Gasteiger partial charge on any atom is -0.457 e. The number of aromatic nitrogens is 2. The number of hydrogen-bond donors (Lipinski definition) is 0. The second-order valence-electron chi connectivity index (χ2n) is 16.3. The van der Waals surface area contributed by atoms with Crippen molar-refractivity contribution >= 4 is 64.4 Å².